The highest BCUT2D eigenvalue weighted by molar-refractivity contribution is 6.30. The molecule has 2 aromatic carbocycles. The van der Waals surface area contributed by atoms with E-state index in [1.807, 2.05) is 12.1 Å². The summed E-state index contributed by atoms with van der Waals surface area (Å²) in [6.07, 6.45) is 1.36. The molecule has 0 heterocycles. The number of ether oxygens (including phenoxy) is 1. The average Bonchev–Trinajstić information content (AvgIpc) is 2.47. The van der Waals surface area contributed by atoms with Crippen LogP contribution >= 0.6 is 11.6 Å². The van der Waals surface area contributed by atoms with Gasteiger partial charge in [-0.05, 0) is 35.7 Å². The third-order valence-corrected chi connectivity index (χ3v) is 3.49. The molecule has 20 heavy (non-hydrogen) atoms. The van der Waals surface area contributed by atoms with E-state index in [4.69, 9.17) is 16.3 Å². The number of halogens is 1. The molecule has 0 unspecified atom stereocenters. The number of methoxy groups -OCH3 is 1. The first-order valence-electron chi connectivity index (χ1n) is 6.58. The second-order valence-electron chi connectivity index (χ2n) is 4.61. The summed E-state index contributed by atoms with van der Waals surface area (Å²) in [5.41, 5.74) is 2.84. The van der Waals surface area contributed by atoms with E-state index in [2.05, 4.69) is 19.1 Å². The lowest BCUT2D eigenvalue weighted by Crippen LogP contribution is -2.05. The van der Waals surface area contributed by atoms with Gasteiger partial charge in [-0.1, -0.05) is 42.8 Å². The van der Waals surface area contributed by atoms with Gasteiger partial charge >= 0.3 is 0 Å². The summed E-state index contributed by atoms with van der Waals surface area (Å²) in [6.45, 7) is 2.11. The molecule has 0 radical (unpaired) electrons. The van der Waals surface area contributed by atoms with Crippen molar-refractivity contribution in [2.75, 3.05) is 7.11 Å². The standard InChI is InChI=1S/C17H17ClO2/c1-3-12-4-6-13(7-5-12)10-16(19)15-9-8-14(18)11-17(15)20-2/h4-9,11H,3,10H2,1-2H3. The third kappa shape index (κ3) is 3.40. The molecule has 0 N–H and O–H groups in total. The lowest BCUT2D eigenvalue weighted by molar-refractivity contribution is 0.0990. The van der Waals surface area contributed by atoms with Gasteiger partial charge in [-0.3, -0.25) is 4.79 Å². The first-order valence-corrected chi connectivity index (χ1v) is 6.96. The maximum absolute atomic E-state index is 12.3. The Balaban J connectivity index is 2.19. The van der Waals surface area contributed by atoms with Gasteiger partial charge in [0.1, 0.15) is 5.75 Å². The van der Waals surface area contributed by atoms with E-state index in [9.17, 15) is 4.79 Å². The molecule has 2 rings (SSSR count). The van der Waals surface area contributed by atoms with Gasteiger partial charge in [0.15, 0.2) is 5.78 Å². The Morgan fingerprint density at radius 3 is 2.35 bits per heavy atom. The Bertz CT molecular complexity index is 603. The van der Waals surface area contributed by atoms with E-state index < -0.39 is 0 Å². The van der Waals surface area contributed by atoms with Gasteiger partial charge in [0.2, 0.25) is 0 Å². The van der Waals surface area contributed by atoms with Gasteiger partial charge in [0.05, 0.1) is 12.7 Å². The van der Waals surface area contributed by atoms with Crippen LogP contribution in [0.2, 0.25) is 5.02 Å². The Kier molecular flexibility index (Phi) is 4.80. The predicted molar refractivity (Wildman–Crippen MR) is 81.9 cm³/mol. The normalized spacial score (nSPS) is 10.3. The van der Waals surface area contributed by atoms with Crippen molar-refractivity contribution in [1.82, 2.24) is 0 Å². The van der Waals surface area contributed by atoms with Crippen LogP contribution in [-0.2, 0) is 12.8 Å². The molecule has 0 fully saturated rings. The fraction of sp³-hybridized carbons (Fsp3) is 0.235. The maximum Gasteiger partial charge on any atom is 0.170 e. The summed E-state index contributed by atoms with van der Waals surface area (Å²) in [4.78, 5) is 12.3. The van der Waals surface area contributed by atoms with E-state index in [0.717, 1.165) is 12.0 Å². The van der Waals surface area contributed by atoms with Gasteiger partial charge in [-0.2, -0.15) is 0 Å². The lowest BCUT2D eigenvalue weighted by Gasteiger charge is -2.08. The smallest absolute Gasteiger partial charge is 0.170 e. The van der Waals surface area contributed by atoms with Crippen LogP contribution in [0.4, 0.5) is 0 Å². The summed E-state index contributed by atoms with van der Waals surface area (Å²) in [5, 5.41) is 0.561. The van der Waals surface area contributed by atoms with E-state index in [1.54, 1.807) is 25.3 Å². The Morgan fingerprint density at radius 1 is 1.10 bits per heavy atom. The van der Waals surface area contributed by atoms with Gasteiger partial charge in [-0.15, -0.1) is 0 Å². The zero-order valence-electron chi connectivity index (χ0n) is 11.7. The van der Waals surface area contributed by atoms with Crippen LogP contribution in [0.5, 0.6) is 5.75 Å². The molecule has 0 saturated carbocycles. The number of carbonyl (C=O) groups is 1. The molecule has 0 amide bonds. The minimum Gasteiger partial charge on any atom is -0.496 e. The average molecular weight is 289 g/mol. The molecular formula is C17H17ClO2. The van der Waals surface area contributed by atoms with E-state index >= 15 is 0 Å². The molecule has 2 aromatic rings. The highest BCUT2D eigenvalue weighted by Crippen LogP contribution is 2.24. The molecule has 0 aliphatic carbocycles. The number of benzene rings is 2. The largest absolute Gasteiger partial charge is 0.496 e. The molecule has 0 aromatic heterocycles. The molecule has 0 atom stereocenters. The van der Waals surface area contributed by atoms with Crippen LogP contribution in [0.25, 0.3) is 0 Å². The van der Waals surface area contributed by atoms with Crippen LogP contribution in [-0.4, -0.2) is 12.9 Å². The third-order valence-electron chi connectivity index (χ3n) is 3.26. The topological polar surface area (TPSA) is 26.3 Å². The fourth-order valence-corrected chi connectivity index (χ4v) is 2.23. The van der Waals surface area contributed by atoms with E-state index in [-0.39, 0.29) is 5.78 Å². The van der Waals surface area contributed by atoms with Crippen LogP contribution in [0.15, 0.2) is 42.5 Å². The number of rotatable bonds is 5. The number of hydrogen-bond donors (Lipinski definition) is 0. The Morgan fingerprint density at radius 2 is 1.75 bits per heavy atom. The van der Waals surface area contributed by atoms with Crippen molar-refractivity contribution >= 4 is 17.4 Å². The number of carbonyl (C=O) groups excluding carboxylic acids is 1. The van der Waals surface area contributed by atoms with Gasteiger partial charge < -0.3 is 4.74 Å². The van der Waals surface area contributed by atoms with E-state index in [0.29, 0.717) is 22.8 Å². The molecule has 0 saturated heterocycles. The molecular weight excluding hydrogens is 272 g/mol. The zero-order valence-corrected chi connectivity index (χ0v) is 12.4. The van der Waals surface area contributed by atoms with Crippen molar-refractivity contribution in [3.05, 3.63) is 64.2 Å². The molecule has 104 valence electrons. The first kappa shape index (κ1) is 14.6. The van der Waals surface area contributed by atoms with Gasteiger partial charge in [0.25, 0.3) is 0 Å². The molecule has 3 heteroatoms. The number of Topliss-reactive ketones (excluding diaryl/α,β-unsaturated/α-hetero) is 1. The minimum atomic E-state index is 0.0303. The molecule has 0 spiro atoms. The van der Waals surface area contributed by atoms with Crippen LogP contribution < -0.4 is 4.74 Å². The van der Waals surface area contributed by atoms with Gasteiger partial charge in [0, 0.05) is 11.4 Å². The second-order valence-corrected chi connectivity index (χ2v) is 5.05. The summed E-state index contributed by atoms with van der Waals surface area (Å²) in [6, 6.07) is 13.2. The summed E-state index contributed by atoms with van der Waals surface area (Å²) in [5.74, 6) is 0.551. The van der Waals surface area contributed by atoms with Crippen LogP contribution in [0, 0.1) is 0 Å². The first-order chi connectivity index (χ1) is 9.63. The Hall–Kier alpha value is -1.80. The quantitative estimate of drug-likeness (QED) is 0.765. The predicted octanol–water partition coefficient (Wildman–Crippen LogP) is 4.34. The van der Waals surface area contributed by atoms with Crippen molar-refractivity contribution < 1.29 is 9.53 Å². The maximum atomic E-state index is 12.3. The van der Waals surface area contributed by atoms with Gasteiger partial charge in [-0.25, -0.2) is 0 Å². The monoisotopic (exact) mass is 288 g/mol. The van der Waals surface area contributed by atoms with Crippen molar-refractivity contribution in [2.24, 2.45) is 0 Å². The van der Waals surface area contributed by atoms with Crippen molar-refractivity contribution in [2.45, 2.75) is 19.8 Å². The summed E-state index contributed by atoms with van der Waals surface area (Å²) in [7, 11) is 1.54. The minimum absolute atomic E-state index is 0.0303. The summed E-state index contributed by atoms with van der Waals surface area (Å²) < 4.78 is 5.22. The molecule has 0 aliphatic rings. The van der Waals surface area contributed by atoms with Crippen molar-refractivity contribution in [3.8, 4) is 5.75 Å². The van der Waals surface area contributed by atoms with Crippen molar-refractivity contribution in [1.29, 1.82) is 0 Å². The number of aryl methyl sites for hydroxylation is 1. The van der Waals surface area contributed by atoms with Crippen molar-refractivity contribution in [3.63, 3.8) is 0 Å². The number of hydrogen-bond acceptors (Lipinski definition) is 2. The SMILES string of the molecule is CCc1ccc(CC(=O)c2ccc(Cl)cc2OC)cc1. The number of ketones is 1. The zero-order chi connectivity index (χ0) is 14.5. The lowest BCUT2D eigenvalue weighted by atomic mass is 10.0. The van der Waals surface area contributed by atoms with Crippen LogP contribution in [0.3, 0.4) is 0 Å². The molecule has 2 nitrogen and oxygen atoms in total. The second kappa shape index (κ2) is 6.58. The molecule has 0 aliphatic heterocycles. The highest BCUT2D eigenvalue weighted by Gasteiger charge is 2.13. The molecule has 0 bridgehead atoms. The fourth-order valence-electron chi connectivity index (χ4n) is 2.07. The highest BCUT2D eigenvalue weighted by atomic mass is 35.5. The van der Waals surface area contributed by atoms with E-state index in [1.165, 1.54) is 5.56 Å². The summed E-state index contributed by atoms with van der Waals surface area (Å²) >= 11 is 5.90. The van der Waals surface area contributed by atoms with Crippen LogP contribution in [0.1, 0.15) is 28.4 Å². The Labute approximate surface area is 124 Å².